The fourth-order valence-corrected chi connectivity index (χ4v) is 8.73. The number of allylic oxidation sites excluding steroid dienone is 4. The number of unbranched alkanes of at least 4 members (excludes halogenated alkanes) is 30. The molecular formula is C54H103NO10. The first-order valence-electron chi connectivity index (χ1n) is 27.2. The molecule has 1 rings (SSSR count). The molecule has 1 heterocycles. The van der Waals surface area contributed by atoms with E-state index in [1.165, 1.54) is 154 Å². The zero-order valence-corrected chi connectivity index (χ0v) is 41.7. The molecule has 1 aliphatic heterocycles. The molecule has 1 fully saturated rings. The Labute approximate surface area is 397 Å². The quantitative estimate of drug-likeness (QED) is 0.0216. The zero-order chi connectivity index (χ0) is 47.6. The van der Waals surface area contributed by atoms with Crippen LogP contribution in [0.5, 0.6) is 0 Å². The van der Waals surface area contributed by atoms with Crippen molar-refractivity contribution < 1.29 is 50.0 Å². The van der Waals surface area contributed by atoms with E-state index in [1.54, 1.807) is 0 Å². The molecule has 11 nitrogen and oxygen atoms in total. The summed E-state index contributed by atoms with van der Waals surface area (Å²) in [6.07, 6.45) is 39.5. The summed E-state index contributed by atoms with van der Waals surface area (Å²) < 4.78 is 11.1. The molecular weight excluding hydrogens is 823 g/mol. The molecule has 1 amide bonds. The van der Waals surface area contributed by atoms with E-state index < -0.39 is 74.2 Å². The SMILES string of the molecule is CCCCCCCCC/C=C\CCCCCCC(O)C(=O)NC(COC1OC(CO)C(O)C(O)C1O)C(O)C(O)CCC/C=C/CCCCCCCCCCCCCCCCCCCC. The third-order valence-corrected chi connectivity index (χ3v) is 13.2. The number of aliphatic hydroxyl groups is 7. The summed E-state index contributed by atoms with van der Waals surface area (Å²) in [4.78, 5) is 13.1. The highest BCUT2D eigenvalue weighted by atomic mass is 16.7. The van der Waals surface area contributed by atoms with Crippen LogP contribution < -0.4 is 5.32 Å². The second-order valence-electron chi connectivity index (χ2n) is 19.3. The van der Waals surface area contributed by atoms with Crippen LogP contribution in [0.4, 0.5) is 0 Å². The van der Waals surface area contributed by atoms with Crippen molar-refractivity contribution in [3.8, 4) is 0 Å². The lowest BCUT2D eigenvalue weighted by Crippen LogP contribution is -2.60. The fourth-order valence-electron chi connectivity index (χ4n) is 8.73. The maximum atomic E-state index is 13.1. The predicted molar refractivity (Wildman–Crippen MR) is 266 cm³/mol. The Morgan fingerprint density at radius 1 is 0.523 bits per heavy atom. The van der Waals surface area contributed by atoms with Gasteiger partial charge in [-0.2, -0.15) is 0 Å². The van der Waals surface area contributed by atoms with Crippen molar-refractivity contribution in [2.24, 2.45) is 0 Å². The summed E-state index contributed by atoms with van der Waals surface area (Å²) in [6.45, 7) is 3.44. The molecule has 9 atom stereocenters. The Bertz CT molecular complexity index is 1110. The zero-order valence-electron chi connectivity index (χ0n) is 41.7. The average Bonchev–Trinajstić information content (AvgIpc) is 3.31. The van der Waals surface area contributed by atoms with Gasteiger partial charge in [-0.25, -0.2) is 0 Å². The van der Waals surface area contributed by atoms with E-state index >= 15 is 0 Å². The lowest BCUT2D eigenvalue weighted by molar-refractivity contribution is -0.303. The van der Waals surface area contributed by atoms with Gasteiger partial charge >= 0.3 is 0 Å². The largest absolute Gasteiger partial charge is 0.394 e. The van der Waals surface area contributed by atoms with Gasteiger partial charge in [0.15, 0.2) is 6.29 Å². The number of rotatable bonds is 46. The van der Waals surface area contributed by atoms with Gasteiger partial charge in [0.2, 0.25) is 5.91 Å². The van der Waals surface area contributed by atoms with Crippen molar-refractivity contribution in [3.63, 3.8) is 0 Å². The summed E-state index contributed by atoms with van der Waals surface area (Å²) in [6, 6.07) is -1.19. The van der Waals surface area contributed by atoms with Gasteiger partial charge in [0, 0.05) is 0 Å². The molecule has 1 aliphatic rings. The second-order valence-corrected chi connectivity index (χ2v) is 19.3. The highest BCUT2D eigenvalue weighted by molar-refractivity contribution is 5.80. The van der Waals surface area contributed by atoms with Crippen molar-refractivity contribution in [3.05, 3.63) is 24.3 Å². The molecule has 65 heavy (non-hydrogen) atoms. The van der Waals surface area contributed by atoms with Crippen LogP contribution in [0.15, 0.2) is 24.3 Å². The summed E-state index contributed by atoms with van der Waals surface area (Å²) in [5, 5.41) is 75.9. The number of carbonyl (C=O) groups excluding carboxylic acids is 1. The second kappa shape index (κ2) is 43.8. The maximum Gasteiger partial charge on any atom is 0.249 e. The number of carbonyl (C=O) groups is 1. The summed E-state index contributed by atoms with van der Waals surface area (Å²) >= 11 is 0. The standard InChI is InChI=1S/C54H103NO10/c1-3-5-7-9-11-13-15-17-19-20-21-22-23-24-25-26-28-29-31-33-35-37-39-41-46(57)49(59)45(44-64-54-52(62)51(61)50(60)48(43-56)65-54)55-53(63)47(58)42-40-38-36-34-32-30-27-18-16-14-12-10-8-6-4-2/h27,30,33,35,45-52,54,56-62H,3-26,28-29,31-32,34,36-44H2,1-2H3,(H,55,63)/b30-27-,35-33+. The number of hydrogen-bond donors (Lipinski definition) is 8. The minimum atomic E-state index is -1.67. The molecule has 0 aliphatic carbocycles. The van der Waals surface area contributed by atoms with Gasteiger partial charge in [0.25, 0.3) is 0 Å². The molecule has 1 saturated heterocycles. The van der Waals surface area contributed by atoms with E-state index in [2.05, 4.69) is 43.5 Å². The smallest absolute Gasteiger partial charge is 0.249 e. The first kappa shape index (κ1) is 61.6. The van der Waals surface area contributed by atoms with Crippen molar-refractivity contribution in [1.29, 1.82) is 0 Å². The summed E-state index contributed by atoms with van der Waals surface area (Å²) in [7, 11) is 0. The van der Waals surface area contributed by atoms with Crippen LogP contribution in [0.3, 0.4) is 0 Å². The molecule has 11 heteroatoms. The third kappa shape index (κ3) is 32.9. The van der Waals surface area contributed by atoms with E-state index in [4.69, 9.17) is 9.47 Å². The molecule has 0 aromatic heterocycles. The summed E-state index contributed by atoms with van der Waals surface area (Å²) in [5.74, 6) is -0.713. The van der Waals surface area contributed by atoms with Crippen LogP contribution in [0.1, 0.15) is 245 Å². The van der Waals surface area contributed by atoms with Crippen LogP contribution in [-0.4, -0.2) is 110 Å². The van der Waals surface area contributed by atoms with E-state index in [-0.39, 0.29) is 12.8 Å². The molecule has 0 radical (unpaired) electrons. The lowest BCUT2D eigenvalue weighted by atomic mass is 9.98. The van der Waals surface area contributed by atoms with Gasteiger partial charge in [-0.05, 0) is 64.2 Å². The van der Waals surface area contributed by atoms with Crippen molar-refractivity contribution in [2.75, 3.05) is 13.2 Å². The monoisotopic (exact) mass is 926 g/mol. The third-order valence-electron chi connectivity index (χ3n) is 13.2. The van der Waals surface area contributed by atoms with Crippen LogP contribution in [-0.2, 0) is 14.3 Å². The number of nitrogens with one attached hydrogen (secondary N) is 1. The van der Waals surface area contributed by atoms with Gasteiger partial charge < -0.3 is 50.5 Å². The fraction of sp³-hybridized carbons (Fsp3) is 0.907. The predicted octanol–water partition coefficient (Wildman–Crippen LogP) is 10.6. The van der Waals surface area contributed by atoms with Crippen molar-refractivity contribution >= 4 is 5.91 Å². The molecule has 8 N–H and O–H groups in total. The van der Waals surface area contributed by atoms with Crippen LogP contribution >= 0.6 is 0 Å². The molecule has 384 valence electrons. The molecule has 0 bridgehead atoms. The molecule has 0 aromatic carbocycles. The topological polar surface area (TPSA) is 189 Å². The maximum absolute atomic E-state index is 13.1. The first-order valence-corrected chi connectivity index (χ1v) is 27.2. The Morgan fingerprint density at radius 3 is 1.32 bits per heavy atom. The van der Waals surface area contributed by atoms with Gasteiger partial charge in [-0.3, -0.25) is 4.79 Å². The van der Waals surface area contributed by atoms with Gasteiger partial charge in [0.1, 0.15) is 36.6 Å². The van der Waals surface area contributed by atoms with E-state index in [1.807, 2.05) is 0 Å². The minimum absolute atomic E-state index is 0.241. The summed E-state index contributed by atoms with van der Waals surface area (Å²) in [5.41, 5.74) is 0. The van der Waals surface area contributed by atoms with Gasteiger partial charge in [-0.1, -0.05) is 205 Å². The molecule has 0 spiro atoms. The Hall–Kier alpha value is -1.41. The minimum Gasteiger partial charge on any atom is -0.394 e. The van der Waals surface area contributed by atoms with Crippen LogP contribution in [0, 0.1) is 0 Å². The van der Waals surface area contributed by atoms with Gasteiger partial charge in [-0.15, -0.1) is 0 Å². The van der Waals surface area contributed by atoms with Gasteiger partial charge in [0.05, 0.1) is 25.4 Å². The number of aliphatic hydroxyl groups excluding tert-OH is 7. The van der Waals surface area contributed by atoms with E-state index in [0.717, 1.165) is 51.4 Å². The Balaban J connectivity index is 2.36. The Morgan fingerprint density at radius 2 is 0.908 bits per heavy atom. The molecule has 9 unspecified atom stereocenters. The first-order chi connectivity index (χ1) is 31.7. The van der Waals surface area contributed by atoms with Crippen LogP contribution in [0.2, 0.25) is 0 Å². The van der Waals surface area contributed by atoms with Crippen molar-refractivity contribution in [2.45, 2.75) is 300 Å². The molecule has 0 aromatic rings. The van der Waals surface area contributed by atoms with E-state index in [0.29, 0.717) is 12.8 Å². The highest BCUT2D eigenvalue weighted by Crippen LogP contribution is 2.23. The molecule has 0 saturated carbocycles. The van der Waals surface area contributed by atoms with Crippen molar-refractivity contribution in [1.82, 2.24) is 5.32 Å². The Kier molecular flexibility index (Phi) is 41.6. The average molecular weight is 926 g/mol. The van der Waals surface area contributed by atoms with E-state index in [9.17, 15) is 40.5 Å². The highest BCUT2D eigenvalue weighted by Gasteiger charge is 2.44. The number of hydrogen-bond acceptors (Lipinski definition) is 10. The number of ether oxygens (including phenoxy) is 2. The van der Waals surface area contributed by atoms with Crippen LogP contribution in [0.25, 0.3) is 0 Å². The normalized spacial score (nSPS) is 21.0. The number of amides is 1. The lowest BCUT2D eigenvalue weighted by Gasteiger charge is -2.40.